The van der Waals surface area contributed by atoms with Crippen LogP contribution in [-0.4, -0.2) is 36.3 Å². The summed E-state index contributed by atoms with van der Waals surface area (Å²) in [5.41, 5.74) is 0.935. The molecule has 2 aromatic rings. The van der Waals surface area contributed by atoms with Crippen LogP contribution in [0.15, 0.2) is 28.8 Å². The lowest BCUT2D eigenvalue weighted by atomic mass is 10.2. The lowest BCUT2D eigenvalue weighted by molar-refractivity contribution is -0.165. The van der Waals surface area contributed by atoms with Crippen LogP contribution in [0, 0.1) is 0 Å². The van der Waals surface area contributed by atoms with Gasteiger partial charge in [0.05, 0.1) is 6.61 Å². The van der Waals surface area contributed by atoms with Crippen molar-refractivity contribution in [3.05, 3.63) is 30.2 Å². The first-order valence-electron chi connectivity index (χ1n) is 8.68. The number of nitrogens with zero attached hydrogens (tertiary/aromatic N) is 2. The van der Waals surface area contributed by atoms with Gasteiger partial charge in [-0.05, 0) is 56.4 Å². The van der Waals surface area contributed by atoms with Gasteiger partial charge in [0.1, 0.15) is 12.4 Å². The fourth-order valence-corrected chi connectivity index (χ4v) is 2.73. The van der Waals surface area contributed by atoms with Crippen molar-refractivity contribution in [1.82, 2.24) is 10.1 Å². The minimum atomic E-state index is -0.0661. The summed E-state index contributed by atoms with van der Waals surface area (Å²) >= 11 is 0. The Balaban J connectivity index is 1.24. The minimum Gasteiger partial charge on any atom is -0.491 e. The number of ether oxygens (including phenoxy) is 3. The highest BCUT2D eigenvalue weighted by Crippen LogP contribution is 2.39. The van der Waals surface area contributed by atoms with Gasteiger partial charge in [-0.2, -0.15) is 4.98 Å². The van der Waals surface area contributed by atoms with E-state index in [0.29, 0.717) is 25.0 Å². The van der Waals surface area contributed by atoms with Crippen LogP contribution in [0.5, 0.6) is 5.75 Å². The van der Waals surface area contributed by atoms with E-state index in [1.165, 1.54) is 6.42 Å². The molecule has 1 aliphatic carbocycles. The van der Waals surface area contributed by atoms with Crippen LogP contribution in [0.3, 0.4) is 0 Å². The van der Waals surface area contributed by atoms with E-state index in [9.17, 15) is 0 Å². The largest absolute Gasteiger partial charge is 0.491 e. The molecule has 24 heavy (non-hydrogen) atoms. The number of benzene rings is 1. The molecule has 1 atom stereocenters. The van der Waals surface area contributed by atoms with E-state index in [4.69, 9.17) is 18.7 Å². The highest BCUT2D eigenvalue weighted by molar-refractivity contribution is 5.55. The van der Waals surface area contributed by atoms with E-state index in [1.54, 1.807) is 0 Å². The first kappa shape index (κ1) is 15.6. The van der Waals surface area contributed by atoms with E-state index in [1.807, 2.05) is 24.3 Å². The minimum absolute atomic E-state index is 0.0661. The Morgan fingerprint density at radius 1 is 1.04 bits per heavy atom. The molecule has 2 aliphatic rings. The molecule has 4 rings (SSSR count). The van der Waals surface area contributed by atoms with Crippen LogP contribution in [-0.2, 0) is 9.47 Å². The first-order chi connectivity index (χ1) is 11.9. The summed E-state index contributed by atoms with van der Waals surface area (Å²) in [6.07, 6.45) is 5.52. The van der Waals surface area contributed by atoms with Crippen molar-refractivity contribution in [3.63, 3.8) is 0 Å². The van der Waals surface area contributed by atoms with E-state index >= 15 is 0 Å². The van der Waals surface area contributed by atoms with Gasteiger partial charge in [-0.1, -0.05) is 5.16 Å². The van der Waals surface area contributed by atoms with Crippen LogP contribution >= 0.6 is 0 Å². The van der Waals surface area contributed by atoms with Crippen molar-refractivity contribution in [3.8, 4) is 17.1 Å². The number of aromatic nitrogens is 2. The second-order valence-electron chi connectivity index (χ2n) is 6.27. The van der Waals surface area contributed by atoms with E-state index in [-0.39, 0.29) is 6.29 Å². The molecule has 0 unspecified atom stereocenters. The molecule has 0 bridgehead atoms. The maximum Gasteiger partial charge on any atom is 0.230 e. The molecular weight excluding hydrogens is 308 g/mol. The smallest absolute Gasteiger partial charge is 0.230 e. The summed E-state index contributed by atoms with van der Waals surface area (Å²) in [6, 6.07) is 7.73. The molecule has 1 saturated carbocycles. The predicted octanol–water partition coefficient (Wildman–Crippen LogP) is 3.54. The van der Waals surface area contributed by atoms with E-state index < -0.39 is 0 Å². The maximum absolute atomic E-state index is 5.70. The number of rotatable bonds is 7. The van der Waals surface area contributed by atoms with Crippen LogP contribution in [0.25, 0.3) is 11.4 Å². The molecule has 6 nitrogen and oxygen atoms in total. The average molecular weight is 330 g/mol. The van der Waals surface area contributed by atoms with Gasteiger partial charge in [-0.3, -0.25) is 0 Å². The Morgan fingerprint density at radius 2 is 1.92 bits per heavy atom. The molecule has 6 heteroatoms. The summed E-state index contributed by atoms with van der Waals surface area (Å²) in [6.45, 7) is 1.83. The molecule has 0 amide bonds. The summed E-state index contributed by atoms with van der Waals surface area (Å²) < 4.78 is 22.2. The maximum atomic E-state index is 5.70. The quantitative estimate of drug-likeness (QED) is 0.724. The van der Waals surface area contributed by atoms with Gasteiger partial charge in [-0.25, -0.2) is 0 Å². The normalized spacial score (nSPS) is 20.9. The lowest BCUT2D eigenvalue weighted by Crippen LogP contribution is -2.24. The molecule has 0 radical (unpaired) electrons. The molecule has 0 N–H and O–H groups in total. The van der Waals surface area contributed by atoms with Gasteiger partial charge in [-0.15, -0.1) is 0 Å². The Hall–Kier alpha value is -1.92. The zero-order chi connectivity index (χ0) is 16.2. The Kier molecular flexibility index (Phi) is 4.76. The molecule has 128 valence electrons. The molecule has 2 fully saturated rings. The highest BCUT2D eigenvalue weighted by Gasteiger charge is 2.29. The summed E-state index contributed by atoms with van der Waals surface area (Å²) in [4.78, 5) is 4.45. The lowest BCUT2D eigenvalue weighted by Gasteiger charge is -2.22. The van der Waals surface area contributed by atoms with Crippen molar-refractivity contribution < 1.29 is 18.7 Å². The monoisotopic (exact) mass is 330 g/mol. The summed E-state index contributed by atoms with van der Waals surface area (Å²) in [7, 11) is 0. The second kappa shape index (κ2) is 7.32. The van der Waals surface area contributed by atoms with Crippen LogP contribution < -0.4 is 4.74 Å². The van der Waals surface area contributed by atoms with Crippen molar-refractivity contribution in [1.29, 1.82) is 0 Å². The van der Waals surface area contributed by atoms with Gasteiger partial charge < -0.3 is 18.7 Å². The molecule has 1 aromatic carbocycles. The fourth-order valence-electron chi connectivity index (χ4n) is 2.73. The van der Waals surface area contributed by atoms with Gasteiger partial charge >= 0.3 is 0 Å². The summed E-state index contributed by atoms with van der Waals surface area (Å²) in [5.74, 6) is 2.67. The van der Waals surface area contributed by atoms with E-state index in [2.05, 4.69) is 10.1 Å². The van der Waals surface area contributed by atoms with Crippen molar-refractivity contribution >= 4 is 0 Å². The molecule has 1 aliphatic heterocycles. The van der Waals surface area contributed by atoms with Crippen molar-refractivity contribution in [2.75, 3.05) is 19.8 Å². The third-order valence-electron chi connectivity index (χ3n) is 4.27. The van der Waals surface area contributed by atoms with Crippen LogP contribution in [0.1, 0.15) is 43.9 Å². The standard InChI is InChI=1S/C18H22N2O4/c1-2-10-22-16(3-1)23-12-11-21-15-8-6-13(7-9-15)17-19-18(24-20-17)14-4-5-14/h6-9,14,16H,1-5,10-12H2/t16-/m0/s1. The summed E-state index contributed by atoms with van der Waals surface area (Å²) in [5, 5.41) is 4.04. The average Bonchev–Trinajstić information content (AvgIpc) is 3.37. The van der Waals surface area contributed by atoms with Gasteiger partial charge in [0.2, 0.25) is 11.7 Å². The molecule has 1 aromatic heterocycles. The predicted molar refractivity (Wildman–Crippen MR) is 86.7 cm³/mol. The topological polar surface area (TPSA) is 66.6 Å². The van der Waals surface area contributed by atoms with E-state index in [0.717, 1.165) is 49.5 Å². The molecule has 2 heterocycles. The Labute approximate surface area is 141 Å². The molecule has 0 spiro atoms. The number of hydrogen-bond donors (Lipinski definition) is 0. The third-order valence-corrected chi connectivity index (χ3v) is 4.27. The SMILES string of the molecule is c1cc(-c2noc(C3CC3)n2)ccc1OCCO[C@H]1CCCCO1. The Morgan fingerprint density at radius 3 is 2.67 bits per heavy atom. The zero-order valence-corrected chi connectivity index (χ0v) is 13.6. The third kappa shape index (κ3) is 3.94. The molecule has 1 saturated heterocycles. The Bertz CT molecular complexity index is 645. The van der Waals surface area contributed by atoms with Gasteiger partial charge in [0, 0.05) is 18.1 Å². The second-order valence-corrected chi connectivity index (χ2v) is 6.27. The van der Waals surface area contributed by atoms with Crippen molar-refractivity contribution in [2.45, 2.75) is 44.3 Å². The highest BCUT2D eigenvalue weighted by atomic mass is 16.7. The zero-order valence-electron chi connectivity index (χ0n) is 13.6. The fraction of sp³-hybridized carbons (Fsp3) is 0.556. The van der Waals surface area contributed by atoms with Gasteiger partial charge in [0.15, 0.2) is 6.29 Å². The first-order valence-corrected chi connectivity index (χ1v) is 8.68. The van der Waals surface area contributed by atoms with Crippen molar-refractivity contribution in [2.24, 2.45) is 0 Å². The number of hydrogen-bond acceptors (Lipinski definition) is 6. The van der Waals surface area contributed by atoms with Crippen LogP contribution in [0.2, 0.25) is 0 Å². The van der Waals surface area contributed by atoms with Crippen LogP contribution in [0.4, 0.5) is 0 Å². The van der Waals surface area contributed by atoms with Gasteiger partial charge in [0.25, 0.3) is 0 Å². The molecular formula is C18H22N2O4.